The highest BCUT2D eigenvalue weighted by atomic mass is 16.4. The van der Waals surface area contributed by atoms with E-state index in [-0.39, 0.29) is 17.6 Å². The zero-order valence-corrected chi connectivity index (χ0v) is 12.9. The van der Waals surface area contributed by atoms with Gasteiger partial charge in [-0.25, -0.2) is 9.59 Å². The lowest BCUT2D eigenvalue weighted by Gasteiger charge is -2.15. The van der Waals surface area contributed by atoms with Crippen LogP contribution >= 0.6 is 0 Å². The summed E-state index contributed by atoms with van der Waals surface area (Å²) in [5, 5.41) is 14.6. The van der Waals surface area contributed by atoms with Crippen molar-refractivity contribution in [2.75, 3.05) is 5.32 Å². The highest BCUT2D eigenvalue weighted by molar-refractivity contribution is 5.92. The van der Waals surface area contributed by atoms with Gasteiger partial charge in [0.15, 0.2) is 0 Å². The molecule has 0 aliphatic carbocycles. The molecule has 0 saturated carbocycles. The number of rotatable bonds is 7. The van der Waals surface area contributed by atoms with E-state index < -0.39 is 5.97 Å². The Morgan fingerprint density at radius 3 is 2.57 bits per heavy atom. The van der Waals surface area contributed by atoms with E-state index in [1.54, 1.807) is 19.1 Å². The molecule has 5 nitrogen and oxygen atoms in total. The van der Waals surface area contributed by atoms with Crippen molar-refractivity contribution >= 4 is 17.7 Å². The third-order valence-corrected chi connectivity index (χ3v) is 3.33. The Bertz CT molecular complexity index is 500. The number of hydrogen-bond acceptors (Lipinski definition) is 2. The monoisotopic (exact) mass is 292 g/mol. The van der Waals surface area contributed by atoms with Gasteiger partial charge in [-0.1, -0.05) is 26.2 Å². The second-order valence-electron chi connectivity index (χ2n) is 5.33. The van der Waals surface area contributed by atoms with Crippen molar-refractivity contribution in [1.82, 2.24) is 5.32 Å². The van der Waals surface area contributed by atoms with Crippen molar-refractivity contribution in [1.29, 1.82) is 0 Å². The SMILES string of the molecule is CCCCCC(C)NC(=O)Nc1ccc(C(=O)O)c(C)c1. The van der Waals surface area contributed by atoms with Gasteiger partial charge in [0.1, 0.15) is 0 Å². The molecule has 0 fully saturated rings. The first kappa shape index (κ1) is 17.0. The van der Waals surface area contributed by atoms with E-state index in [9.17, 15) is 9.59 Å². The molecule has 0 heterocycles. The summed E-state index contributed by atoms with van der Waals surface area (Å²) in [6, 6.07) is 4.61. The molecule has 1 aromatic carbocycles. The highest BCUT2D eigenvalue weighted by Crippen LogP contribution is 2.15. The Morgan fingerprint density at radius 1 is 1.29 bits per heavy atom. The predicted octanol–water partition coefficient (Wildman–Crippen LogP) is 3.78. The molecule has 2 amide bonds. The zero-order chi connectivity index (χ0) is 15.8. The van der Waals surface area contributed by atoms with Gasteiger partial charge >= 0.3 is 12.0 Å². The molecular weight excluding hydrogens is 268 g/mol. The topological polar surface area (TPSA) is 78.4 Å². The van der Waals surface area contributed by atoms with Crippen LogP contribution in [0.1, 0.15) is 55.5 Å². The minimum absolute atomic E-state index is 0.121. The normalized spacial score (nSPS) is 11.8. The van der Waals surface area contributed by atoms with E-state index in [0.717, 1.165) is 19.3 Å². The molecule has 0 radical (unpaired) electrons. The van der Waals surface area contributed by atoms with Crippen molar-refractivity contribution in [2.24, 2.45) is 0 Å². The fourth-order valence-corrected chi connectivity index (χ4v) is 2.15. The summed E-state index contributed by atoms with van der Waals surface area (Å²) in [5.74, 6) is -0.965. The molecule has 1 aromatic rings. The molecular formula is C16H24N2O3. The second-order valence-corrected chi connectivity index (χ2v) is 5.33. The number of benzene rings is 1. The molecule has 0 spiro atoms. The van der Waals surface area contributed by atoms with Crippen LogP contribution in [-0.4, -0.2) is 23.1 Å². The third-order valence-electron chi connectivity index (χ3n) is 3.33. The van der Waals surface area contributed by atoms with Crippen LogP contribution in [0.4, 0.5) is 10.5 Å². The molecule has 0 aliphatic rings. The number of carbonyl (C=O) groups is 2. The molecule has 5 heteroatoms. The number of aryl methyl sites for hydroxylation is 1. The minimum Gasteiger partial charge on any atom is -0.478 e. The molecule has 116 valence electrons. The Balaban J connectivity index is 2.51. The van der Waals surface area contributed by atoms with E-state index >= 15 is 0 Å². The van der Waals surface area contributed by atoms with Crippen LogP contribution in [0.5, 0.6) is 0 Å². The van der Waals surface area contributed by atoms with Gasteiger partial charge in [-0.3, -0.25) is 0 Å². The number of hydrogen-bond donors (Lipinski definition) is 3. The van der Waals surface area contributed by atoms with E-state index in [1.165, 1.54) is 12.5 Å². The number of carboxylic acid groups (broad SMARTS) is 1. The average molecular weight is 292 g/mol. The third kappa shape index (κ3) is 5.85. The zero-order valence-electron chi connectivity index (χ0n) is 12.9. The number of carbonyl (C=O) groups excluding carboxylic acids is 1. The van der Waals surface area contributed by atoms with Crippen molar-refractivity contribution in [2.45, 2.75) is 52.5 Å². The number of nitrogens with one attached hydrogen (secondary N) is 2. The summed E-state index contributed by atoms with van der Waals surface area (Å²) >= 11 is 0. The van der Waals surface area contributed by atoms with Crippen LogP contribution in [0.3, 0.4) is 0 Å². The standard InChI is InChI=1S/C16H24N2O3/c1-4-5-6-7-12(3)17-16(21)18-13-8-9-14(15(19)20)11(2)10-13/h8-10,12H,4-7H2,1-3H3,(H,19,20)(H2,17,18,21). The molecule has 1 unspecified atom stereocenters. The molecule has 0 aliphatic heterocycles. The van der Waals surface area contributed by atoms with Crippen LogP contribution in [-0.2, 0) is 0 Å². The van der Waals surface area contributed by atoms with Gasteiger partial charge in [0.25, 0.3) is 0 Å². The highest BCUT2D eigenvalue weighted by Gasteiger charge is 2.10. The molecule has 0 saturated heterocycles. The quantitative estimate of drug-likeness (QED) is 0.669. The fraction of sp³-hybridized carbons (Fsp3) is 0.500. The Kier molecular flexibility index (Phi) is 6.72. The van der Waals surface area contributed by atoms with Gasteiger partial charge in [-0.2, -0.15) is 0 Å². The summed E-state index contributed by atoms with van der Waals surface area (Å²) < 4.78 is 0. The van der Waals surface area contributed by atoms with E-state index in [0.29, 0.717) is 11.3 Å². The maximum absolute atomic E-state index is 11.8. The van der Waals surface area contributed by atoms with E-state index in [1.807, 2.05) is 6.92 Å². The number of anilines is 1. The predicted molar refractivity (Wildman–Crippen MR) is 83.9 cm³/mol. The van der Waals surface area contributed by atoms with Crippen molar-refractivity contribution in [3.05, 3.63) is 29.3 Å². The lowest BCUT2D eigenvalue weighted by Crippen LogP contribution is -2.36. The molecule has 1 rings (SSSR count). The number of aromatic carboxylic acids is 1. The van der Waals surface area contributed by atoms with Gasteiger partial charge in [-0.05, 0) is 44.0 Å². The smallest absolute Gasteiger partial charge is 0.335 e. The Hall–Kier alpha value is -2.04. The molecule has 0 aromatic heterocycles. The maximum atomic E-state index is 11.8. The lowest BCUT2D eigenvalue weighted by atomic mass is 10.1. The summed E-state index contributed by atoms with van der Waals surface area (Å²) in [4.78, 5) is 22.8. The molecule has 1 atom stereocenters. The Morgan fingerprint density at radius 2 is 2.00 bits per heavy atom. The average Bonchev–Trinajstić information content (AvgIpc) is 2.38. The number of amides is 2. The van der Waals surface area contributed by atoms with Crippen LogP contribution in [0.2, 0.25) is 0 Å². The number of unbranched alkanes of at least 4 members (excludes halogenated alkanes) is 2. The first-order valence-corrected chi connectivity index (χ1v) is 7.35. The van der Waals surface area contributed by atoms with Gasteiger partial charge in [0.05, 0.1) is 5.56 Å². The minimum atomic E-state index is -0.965. The van der Waals surface area contributed by atoms with Crippen LogP contribution in [0.25, 0.3) is 0 Å². The molecule has 0 bridgehead atoms. The molecule has 21 heavy (non-hydrogen) atoms. The van der Waals surface area contributed by atoms with Gasteiger partial charge in [-0.15, -0.1) is 0 Å². The van der Waals surface area contributed by atoms with Crippen molar-refractivity contribution in [3.63, 3.8) is 0 Å². The lowest BCUT2D eigenvalue weighted by molar-refractivity contribution is 0.0696. The first-order valence-electron chi connectivity index (χ1n) is 7.35. The van der Waals surface area contributed by atoms with Gasteiger partial charge in [0.2, 0.25) is 0 Å². The van der Waals surface area contributed by atoms with E-state index in [4.69, 9.17) is 5.11 Å². The maximum Gasteiger partial charge on any atom is 0.335 e. The first-order chi connectivity index (χ1) is 9.93. The van der Waals surface area contributed by atoms with Crippen LogP contribution in [0, 0.1) is 6.92 Å². The number of urea groups is 1. The van der Waals surface area contributed by atoms with Crippen LogP contribution < -0.4 is 10.6 Å². The van der Waals surface area contributed by atoms with Gasteiger partial charge < -0.3 is 15.7 Å². The fourth-order valence-electron chi connectivity index (χ4n) is 2.15. The summed E-state index contributed by atoms with van der Waals surface area (Å²) in [6.45, 7) is 5.84. The number of carboxylic acids is 1. The van der Waals surface area contributed by atoms with Crippen molar-refractivity contribution < 1.29 is 14.7 Å². The summed E-state index contributed by atoms with van der Waals surface area (Å²) in [7, 11) is 0. The Labute approximate surface area is 125 Å². The van der Waals surface area contributed by atoms with Crippen LogP contribution in [0.15, 0.2) is 18.2 Å². The summed E-state index contributed by atoms with van der Waals surface area (Å²) in [6.07, 6.45) is 4.39. The summed E-state index contributed by atoms with van der Waals surface area (Å²) in [5.41, 5.74) is 1.46. The second kappa shape index (κ2) is 8.29. The largest absolute Gasteiger partial charge is 0.478 e. The molecule has 3 N–H and O–H groups in total. The van der Waals surface area contributed by atoms with Crippen molar-refractivity contribution in [3.8, 4) is 0 Å². The van der Waals surface area contributed by atoms with E-state index in [2.05, 4.69) is 17.6 Å². The van der Waals surface area contributed by atoms with Gasteiger partial charge in [0, 0.05) is 11.7 Å².